The van der Waals surface area contributed by atoms with Gasteiger partial charge in [-0.1, -0.05) is 6.92 Å². The largest absolute Gasteiger partial charge is 0.481 e. The first kappa shape index (κ1) is 13.2. The summed E-state index contributed by atoms with van der Waals surface area (Å²) in [5, 5.41) is 2.91. The second kappa shape index (κ2) is 5.28. The Bertz CT molecular complexity index is 478. The number of hydrogen-bond donors (Lipinski definition) is 1. The standard InChI is InChI=1S/C14H20N4O2/c1-3-17-8-11-6-12(9-17)18(11)14(19)16-10-4-5-13(20-2)15-7-10/h4-5,7,11-12H,3,6,8-9H2,1-2H3,(H,16,19). The highest BCUT2D eigenvalue weighted by Gasteiger charge is 2.46. The van der Waals surface area contributed by atoms with Crippen molar-refractivity contribution in [2.75, 3.05) is 32.1 Å². The number of nitrogens with one attached hydrogen (secondary N) is 1. The number of methoxy groups -OCH3 is 1. The van der Waals surface area contributed by atoms with E-state index in [2.05, 4.69) is 22.1 Å². The number of urea groups is 1. The first-order chi connectivity index (χ1) is 9.71. The molecule has 3 saturated heterocycles. The summed E-state index contributed by atoms with van der Waals surface area (Å²) in [6.07, 6.45) is 2.75. The van der Waals surface area contributed by atoms with Gasteiger partial charge < -0.3 is 15.0 Å². The van der Waals surface area contributed by atoms with Gasteiger partial charge in [0.05, 0.1) is 19.0 Å². The molecule has 3 aliphatic heterocycles. The molecule has 4 heterocycles. The van der Waals surface area contributed by atoms with Crippen molar-refractivity contribution >= 4 is 11.7 Å². The maximum absolute atomic E-state index is 12.3. The number of likely N-dealkylation sites (N-methyl/N-ethyl adjacent to an activating group) is 1. The molecule has 108 valence electrons. The van der Waals surface area contributed by atoms with Crippen LogP contribution in [0.4, 0.5) is 10.5 Å². The second-order valence-corrected chi connectivity index (χ2v) is 5.32. The molecule has 6 nitrogen and oxygen atoms in total. The van der Waals surface area contributed by atoms with Gasteiger partial charge in [0.25, 0.3) is 0 Å². The molecule has 3 aliphatic rings. The van der Waals surface area contributed by atoms with E-state index in [1.165, 1.54) is 0 Å². The molecule has 1 aromatic rings. The highest BCUT2D eigenvalue weighted by atomic mass is 16.5. The molecule has 0 aromatic carbocycles. The number of fused-ring (bicyclic) bond motifs is 2. The number of aromatic nitrogens is 1. The third-order valence-corrected chi connectivity index (χ3v) is 4.15. The zero-order valence-corrected chi connectivity index (χ0v) is 11.9. The van der Waals surface area contributed by atoms with E-state index < -0.39 is 0 Å². The van der Waals surface area contributed by atoms with Crippen LogP contribution in [0.5, 0.6) is 5.88 Å². The predicted octanol–water partition coefficient (Wildman–Crippen LogP) is 1.40. The molecule has 0 radical (unpaired) electrons. The maximum Gasteiger partial charge on any atom is 0.322 e. The maximum atomic E-state index is 12.3. The summed E-state index contributed by atoms with van der Waals surface area (Å²) in [5.41, 5.74) is 0.702. The highest BCUT2D eigenvalue weighted by Crippen LogP contribution is 2.32. The lowest BCUT2D eigenvalue weighted by Crippen LogP contribution is -2.70. The quantitative estimate of drug-likeness (QED) is 0.906. The lowest BCUT2D eigenvalue weighted by atomic mass is 9.88. The minimum atomic E-state index is -0.0195. The molecule has 0 spiro atoms. The number of rotatable bonds is 3. The van der Waals surface area contributed by atoms with E-state index >= 15 is 0 Å². The second-order valence-electron chi connectivity index (χ2n) is 5.32. The van der Waals surface area contributed by atoms with E-state index in [4.69, 9.17) is 4.74 Å². The van der Waals surface area contributed by atoms with Crippen molar-refractivity contribution in [3.8, 4) is 5.88 Å². The van der Waals surface area contributed by atoms with Crippen LogP contribution in [-0.4, -0.2) is 59.6 Å². The van der Waals surface area contributed by atoms with Gasteiger partial charge in [0, 0.05) is 31.2 Å². The molecule has 2 atom stereocenters. The molecule has 6 heteroatoms. The molecule has 2 unspecified atom stereocenters. The minimum Gasteiger partial charge on any atom is -0.481 e. The number of piperidine rings is 1. The summed E-state index contributed by atoms with van der Waals surface area (Å²) < 4.78 is 5.00. The number of piperazine rings is 1. The van der Waals surface area contributed by atoms with E-state index in [1.54, 1.807) is 25.4 Å². The summed E-state index contributed by atoms with van der Waals surface area (Å²) >= 11 is 0. The molecule has 1 aromatic heterocycles. The molecule has 2 bridgehead atoms. The monoisotopic (exact) mass is 276 g/mol. The molecule has 1 N–H and O–H groups in total. The summed E-state index contributed by atoms with van der Waals surface area (Å²) in [5.74, 6) is 0.544. The van der Waals surface area contributed by atoms with Gasteiger partial charge in [0.2, 0.25) is 5.88 Å². The van der Waals surface area contributed by atoms with E-state index in [1.807, 2.05) is 4.90 Å². The Labute approximate surface area is 118 Å². The van der Waals surface area contributed by atoms with Gasteiger partial charge in [-0.15, -0.1) is 0 Å². The van der Waals surface area contributed by atoms with Gasteiger partial charge in [-0.3, -0.25) is 4.90 Å². The smallest absolute Gasteiger partial charge is 0.322 e. The number of ether oxygens (including phenoxy) is 1. The molecule has 0 saturated carbocycles. The first-order valence-electron chi connectivity index (χ1n) is 7.03. The Morgan fingerprint density at radius 1 is 1.45 bits per heavy atom. The number of nitrogens with zero attached hydrogens (tertiary/aromatic N) is 3. The van der Waals surface area contributed by atoms with Crippen molar-refractivity contribution < 1.29 is 9.53 Å². The van der Waals surface area contributed by atoms with Crippen LogP contribution in [0, 0.1) is 0 Å². The van der Waals surface area contributed by atoms with Crippen LogP contribution < -0.4 is 10.1 Å². The van der Waals surface area contributed by atoms with Gasteiger partial charge in [-0.05, 0) is 19.0 Å². The molecule has 0 aliphatic carbocycles. The number of carbonyl (C=O) groups excluding carboxylic acids is 1. The van der Waals surface area contributed by atoms with Crippen LogP contribution in [0.1, 0.15) is 13.3 Å². The van der Waals surface area contributed by atoms with Gasteiger partial charge in [-0.2, -0.15) is 0 Å². The summed E-state index contributed by atoms with van der Waals surface area (Å²) in [7, 11) is 1.57. The van der Waals surface area contributed by atoms with Crippen LogP contribution in [0.15, 0.2) is 18.3 Å². The Balaban J connectivity index is 1.60. The number of pyridine rings is 1. The average molecular weight is 276 g/mol. The highest BCUT2D eigenvalue weighted by molar-refractivity contribution is 5.90. The molecular weight excluding hydrogens is 256 g/mol. The molecule has 2 amide bonds. The number of carbonyl (C=O) groups is 1. The van der Waals surface area contributed by atoms with Crippen molar-refractivity contribution in [3.05, 3.63) is 18.3 Å². The Hall–Kier alpha value is -1.82. The van der Waals surface area contributed by atoms with E-state index in [9.17, 15) is 4.79 Å². The summed E-state index contributed by atoms with van der Waals surface area (Å²) in [4.78, 5) is 20.8. The van der Waals surface area contributed by atoms with Crippen molar-refractivity contribution in [1.82, 2.24) is 14.8 Å². The van der Waals surface area contributed by atoms with E-state index in [0.717, 1.165) is 26.1 Å². The van der Waals surface area contributed by atoms with E-state index in [0.29, 0.717) is 23.7 Å². The average Bonchev–Trinajstić information content (AvgIpc) is 2.47. The van der Waals surface area contributed by atoms with Gasteiger partial charge in [0.1, 0.15) is 0 Å². The normalized spacial score (nSPS) is 25.0. The van der Waals surface area contributed by atoms with Crippen LogP contribution in [0.25, 0.3) is 0 Å². The van der Waals surface area contributed by atoms with Gasteiger partial charge in [-0.25, -0.2) is 9.78 Å². The number of hydrogen-bond acceptors (Lipinski definition) is 4. The summed E-state index contributed by atoms with van der Waals surface area (Å²) in [6.45, 7) is 5.20. The topological polar surface area (TPSA) is 57.7 Å². The predicted molar refractivity (Wildman–Crippen MR) is 76.0 cm³/mol. The molecular formula is C14H20N4O2. The zero-order chi connectivity index (χ0) is 14.1. The summed E-state index contributed by atoms with van der Waals surface area (Å²) in [6, 6.07) is 4.25. The van der Waals surface area contributed by atoms with Crippen molar-refractivity contribution in [1.29, 1.82) is 0 Å². The van der Waals surface area contributed by atoms with Crippen LogP contribution >= 0.6 is 0 Å². The van der Waals surface area contributed by atoms with Crippen molar-refractivity contribution in [2.45, 2.75) is 25.4 Å². The minimum absolute atomic E-state index is 0.0195. The van der Waals surface area contributed by atoms with Gasteiger partial charge >= 0.3 is 6.03 Å². The Morgan fingerprint density at radius 2 is 2.20 bits per heavy atom. The number of anilines is 1. The van der Waals surface area contributed by atoms with Crippen LogP contribution in [0.2, 0.25) is 0 Å². The fraction of sp³-hybridized carbons (Fsp3) is 0.571. The lowest BCUT2D eigenvalue weighted by Gasteiger charge is -2.55. The number of amides is 2. The Morgan fingerprint density at radius 3 is 2.75 bits per heavy atom. The first-order valence-corrected chi connectivity index (χ1v) is 7.03. The molecule has 3 fully saturated rings. The van der Waals surface area contributed by atoms with Crippen molar-refractivity contribution in [3.63, 3.8) is 0 Å². The fourth-order valence-corrected chi connectivity index (χ4v) is 3.05. The lowest BCUT2D eigenvalue weighted by molar-refractivity contribution is -0.0300. The third kappa shape index (κ3) is 2.31. The van der Waals surface area contributed by atoms with Crippen LogP contribution in [-0.2, 0) is 0 Å². The molecule has 20 heavy (non-hydrogen) atoms. The third-order valence-electron chi connectivity index (χ3n) is 4.15. The SMILES string of the molecule is CCN1CC2CC(C1)N2C(=O)Nc1ccc(OC)nc1. The van der Waals surface area contributed by atoms with Gasteiger partial charge in [0.15, 0.2) is 0 Å². The zero-order valence-electron chi connectivity index (χ0n) is 11.9. The van der Waals surface area contributed by atoms with Crippen LogP contribution in [0.3, 0.4) is 0 Å². The van der Waals surface area contributed by atoms with E-state index in [-0.39, 0.29) is 6.03 Å². The Kier molecular flexibility index (Phi) is 3.48. The van der Waals surface area contributed by atoms with Crippen molar-refractivity contribution in [2.24, 2.45) is 0 Å². The molecule has 4 rings (SSSR count). The fourth-order valence-electron chi connectivity index (χ4n) is 3.05.